The Kier molecular flexibility index (Phi) is 5.22. The van der Waals surface area contributed by atoms with Gasteiger partial charge in [0.25, 0.3) is 0 Å². The van der Waals surface area contributed by atoms with E-state index in [1.54, 1.807) is 30.3 Å². The number of nitrogens with one attached hydrogen (secondary N) is 1. The molecule has 0 saturated heterocycles. The van der Waals surface area contributed by atoms with Gasteiger partial charge in [0.2, 0.25) is 5.91 Å². The molecular weight excluding hydrogens is 220 g/mol. The molecule has 0 aliphatic rings. The number of anilines is 2. The third-order valence-electron chi connectivity index (χ3n) is 2.21. The van der Waals surface area contributed by atoms with Crippen LogP contribution < -0.4 is 16.0 Å². The number of carbonyl (C=O) groups is 1. The molecule has 0 aliphatic heterocycles. The molecule has 0 bridgehead atoms. The maximum atomic E-state index is 11.5. The average Bonchev–Trinajstić information content (AvgIpc) is 2.29. The summed E-state index contributed by atoms with van der Waals surface area (Å²) >= 11 is 0. The zero-order chi connectivity index (χ0) is 12.7. The van der Waals surface area contributed by atoms with Crippen LogP contribution in [0.15, 0.2) is 18.3 Å². The molecule has 0 saturated carbocycles. The van der Waals surface area contributed by atoms with Gasteiger partial charge in [-0.25, -0.2) is 4.98 Å². The monoisotopic (exact) mass is 238 g/mol. The molecule has 0 spiro atoms. The maximum Gasteiger partial charge on any atom is 0.239 e. The minimum atomic E-state index is -0.0556. The SMILES string of the molecule is COCCNC(=O)CN(C)c1ccnc(N)c1. The predicted molar refractivity (Wildman–Crippen MR) is 66.8 cm³/mol. The van der Waals surface area contributed by atoms with Crippen LogP contribution in [0.1, 0.15) is 0 Å². The Morgan fingerprint density at radius 2 is 2.41 bits per heavy atom. The zero-order valence-electron chi connectivity index (χ0n) is 10.1. The van der Waals surface area contributed by atoms with Crippen LogP contribution >= 0.6 is 0 Å². The molecule has 0 unspecified atom stereocenters. The molecule has 6 heteroatoms. The van der Waals surface area contributed by atoms with E-state index in [0.717, 1.165) is 5.69 Å². The zero-order valence-corrected chi connectivity index (χ0v) is 10.1. The van der Waals surface area contributed by atoms with Crippen molar-refractivity contribution in [1.29, 1.82) is 0 Å². The fourth-order valence-corrected chi connectivity index (χ4v) is 1.33. The maximum absolute atomic E-state index is 11.5. The van der Waals surface area contributed by atoms with Crippen molar-refractivity contribution < 1.29 is 9.53 Å². The number of pyridine rings is 1. The largest absolute Gasteiger partial charge is 0.384 e. The molecule has 1 amide bonds. The smallest absolute Gasteiger partial charge is 0.239 e. The molecule has 0 aliphatic carbocycles. The van der Waals surface area contributed by atoms with Crippen molar-refractivity contribution in [3.63, 3.8) is 0 Å². The summed E-state index contributed by atoms with van der Waals surface area (Å²) in [5.74, 6) is 0.383. The molecule has 0 aromatic carbocycles. The van der Waals surface area contributed by atoms with Crippen molar-refractivity contribution in [2.75, 3.05) is 44.5 Å². The molecule has 1 aromatic rings. The van der Waals surface area contributed by atoms with Crippen molar-refractivity contribution in [3.8, 4) is 0 Å². The van der Waals surface area contributed by atoms with E-state index >= 15 is 0 Å². The van der Waals surface area contributed by atoms with Crippen LogP contribution in [0.4, 0.5) is 11.5 Å². The second-order valence-electron chi connectivity index (χ2n) is 3.64. The van der Waals surface area contributed by atoms with Gasteiger partial charge < -0.3 is 20.7 Å². The average molecular weight is 238 g/mol. The van der Waals surface area contributed by atoms with Gasteiger partial charge >= 0.3 is 0 Å². The van der Waals surface area contributed by atoms with Gasteiger partial charge in [-0.1, -0.05) is 0 Å². The third-order valence-corrected chi connectivity index (χ3v) is 2.21. The number of nitrogens with zero attached hydrogens (tertiary/aromatic N) is 2. The number of aromatic nitrogens is 1. The van der Waals surface area contributed by atoms with E-state index in [0.29, 0.717) is 19.0 Å². The second-order valence-corrected chi connectivity index (χ2v) is 3.64. The van der Waals surface area contributed by atoms with E-state index in [-0.39, 0.29) is 12.5 Å². The first kappa shape index (κ1) is 13.2. The summed E-state index contributed by atoms with van der Waals surface area (Å²) in [6, 6.07) is 3.53. The lowest BCUT2D eigenvalue weighted by atomic mass is 10.3. The lowest BCUT2D eigenvalue weighted by Crippen LogP contribution is -2.36. The molecule has 17 heavy (non-hydrogen) atoms. The summed E-state index contributed by atoms with van der Waals surface area (Å²) in [7, 11) is 3.42. The van der Waals surface area contributed by atoms with Crippen LogP contribution in [-0.2, 0) is 9.53 Å². The first-order valence-corrected chi connectivity index (χ1v) is 5.32. The Labute approximate surface area is 101 Å². The van der Waals surface area contributed by atoms with E-state index in [4.69, 9.17) is 10.5 Å². The third kappa shape index (κ3) is 4.69. The van der Waals surface area contributed by atoms with Crippen LogP contribution in [-0.4, -0.2) is 44.7 Å². The van der Waals surface area contributed by atoms with Gasteiger partial charge in [0.1, 0.15) is 5.82 Å². The number of nitrogens with two attached hydrogens (primary N) is 1. The quantitative estimate of drug-likeness (QED) is 0.674. The van der Waals surface area contributed by atoms with Crippen LogP contribution in [0.3, 0.4) is 0 Å². The fraction of sp³-hybridized carbons (Fsp3) is 0.455. The summed E-state index contributed by atoms with van der Waals surface area (Å²) in [4.78, 5) is 17.2. The van der Waals surface area contributed by atoms with Crippen LogP contribution in [0.25, 0.3) is 0 Å². The topological polar surface area (TPSA) is 80.5 Å². The van der Waals surface area contributed by atoms with Gasteiger partial charge in [0.15, 0.2) is 0 Å². The van der Waals surface area contributed by atoms with Crippen LogP contribution in [0.2, 0.25) is 0 Å². The minimum Gasteiger partial charge on any atom is -0.384 e. The first-order valence-electron chi connectivity index (χ1n) is 5.32. The molecule has 1 aromatic heterocycles. The van der Waals surface area contributed by atoms with Crippen molar-refractivity contribution >= 4 is 17.4 Å². The highest BCUT2D eigenvalue weighted by Gasteiger charge is 2.07. The number of likely N-dealkylation sites (N-methyl/N-ethyl adjacent to an activating group) is 1. The van der Waals surface area contributed by atoms with Gasteiger partial charge in [-0.3, -0.25) is 4.79 Å². The Morgan fingerprint density at radius 3 is 3.06 bits per heavy atom. The van der Waals surface area contributed by atoms with E-state index in [1.165, 1.54) is 0 Å². The Balaban J connectivity index is 2.43. The number of methoxy groups -OCH3 is 1. The van der Waals surface area contributed by atoms with Gasteiger partial charge in [-0.15, -0.1) is 0 Å². The highest BCUT2D eigenvalue weighted by Crippen LogP contribution is 2.13. The number of amides is 1. The molecule has 6 nitrogen and oxygen atoms in total. The number of hydrogen-bond donors (Lipinski definition) is 2. The highest BCUT2D eigenvalue weighted by molar-refractivity contribution is 5.81. The molecule has 1 rings (SSSR count). The van der Waals surface area contributed by atoms with E-state index in [9.17, 15) is 4.79 Å². The Hall–Kier alpha value is -1.82. The number of rotatable bonds is 6. The summed E-state index contributed by atoms with van der Waals surface area (Å²) in [6.07, 6.45) is 1.62. The minimum absolute atomic E-state index is 0.0556. The number of ether oxygens (including phenoxy) is 1. The lowest BCUT2D eigenvalue weighted by molar-refractivity contribution is -0.119. The number of nitrogen functional groups attached to an aromatic ring is 1. The van der Waals surface area contributed by atoms with Gasteiger partial charge in [0, 0.05) is 38.7 Å². The first-order chi connectivity index (χ1) is 8.13. The standard InChI is InChI=1S/C11H18N4O2/c1-15(8-11(16)14-5-6-17-2)9-3-4-13-10(12)7-9/h3-4,7H,5-6,8H2,1-2H3,(H2,12,13)(H,14,16). The van der Waals surface area contributed by atoms with Crippen LogP contribution in [0, 0.1) is 0 Å². The molecule has 0 radical (unpaired) electrons. The Morgan fingerprint density at radius 1 is 1.65 bits per heavy atom. The molecular formula is C11H18N4O2. The normalized spacial score (nSPS) is 10.0. The van der Waals surface area contributed by atoms with E-state index in [1.807, 2.05) is 7.05 Å². The molecule has 3 N–H and O–H groups in total. The van der Waals surface area contributed by atoms with Gasteiger partial charge in [-0.05, 0) is 6.07 Å². The van der Waals surface area contributed by atoms with Gasteiger partial charge in [0.05, 0.1) is 13.2 Å². The van der Waals surface area contributed by atoms with Crippen molar-refractivity contribution in [2.24, 2.45) is 0 Å². The Bertz CT molecular complexity index is 370. The highest BCUT2D eigenvalue weighted by atomic mass is 16.5. The molecule has 0 atom stereocenters. The van der Waals surface area contributed by atoms with Crippen molar-refractivity contribution in [3.05, 3.63) is 18.3 Å². The van der Waals surface area contributed by atoms with Gasteiger partial charge in [-0.2, -0.15) is 0 Å². The van der Waals surface area contributed by atoms with Crippen molar-refractivity contribution in [2.45, 2.75) is 0 Å². The van der Waals surface area contributed by atoms with Crippen LogP contribution in [0.5, 0.6) is 0 Å². The number of carbonyl (C=O) groups excluding carboxylic acids is 1. The van der Waals surface area contributed by atoms with E-state index in [2.05, 4.69) is 10.3 Å². The summed E-state index contributed by atoms with van der Waals surface area (Å²) in [6.45, 7) is 1.30. The molecule has 0 fully saturated rings. The van der Waals surface area contributed by atoms with E-state index < -0.39 is 0 Å². The second kappa shape index (κ2) is 6.70. The van der Waals surface area contributed by atoms with Crippen molar-refractivity contribution in [1.82, 2.24) is 10.3 Å². The molecule has 1 heterocycles. The summed E-state index contributed by atoms with van der Waals surface area (Å²) in [5.41, 5.74) is 6.43. The summed E-state index contributed by atoms with van der Waals surface area (Å²) < 4.78 is 4.84. The summed E-state index contributed by atoms with van der Waals surface area (Å²) in [5, 5.41) is 2.75. The molecule has 94 valence electrons. The predicted octanol–water partition coefficient (Wildman–Crippen LogP) is -0.137. The lowest BCUT2D eigenvalue weighted by Gasteiger charge is -2.18. The fourth-order valence-electron chi connectivity index (χ4n) is 1.33. The number of hydrogen-bond acceptors (Lipinski definition) is 5.